The van der Waals surface area contributed by atoms with Gasteiger partial charge in [-0.1, -0.05) is 12.1 Å². The molecule has 1 aliphatic carbocycles. The number of hydrogen-bond acceptors (Lipinski definition) is 4. The SMILES string of the molecule is O=C(c1ccccc1F)N1CCN(c2ncnc3[nH]ccc23)CC2(CC2)C1. The van der Waals surface area contributed by atoms with Crippen LogP contribution in [0.5, 0.6) is 0 Å². The van der Waals surface area contributed by atoms with Gasteiger partial charge in [0.2, 0.25) is 0 Å². The molecule has 5 rings (SSSR count). The number of carbonyl (C=O) groups excluding carboxylic acids is 1. The quantitative estimate of drug-likeness (QED) is 0.758. The summed E-state index contributed by atoms with van der Waals surface area (Å²) in [6.45, 7) is 2.73. The van der Waals surface area contributed by atoms with E-state index in [-0.39, 0.29) is 16.9 Å². The number of H-pyrrole nitrogens is 1. The van der Waals surface area contributed by atoms with Crippen LogP contribution in [0.1, 0.15) is 23.2 Å². The van der Waals surface area contributed by atoms with Crippen LogP contribution in [-0.4, -0.2) is 51.9 Å². The predicted octanol–water partition coefficient (Wildman–Crippen LogP) is 2.84. The van der Waals surface area contributed by atoms with Crippen molar-refractivity contribution in [2.45, 2.75) is 12.8 Å². The fourth-order valence-electron chi connectivity index (χ4n) is 4.02. The highest BCUT2D eigenvalue weighted by Gasteiger charge is 2.48. The lowest BCUT2D eigenvalue weighted by atomic mass is 10.1. The first kappa shape index (κ1) is 16.2. The lowest BCUT2D eigenvalue weighted by molar-refractivity contribution is 0.0736. The number of anilines is 1. The molecule has 1 aliphatic heterocycles. The van der Waals surface area contributed by atoms with E-state index in [9.17, 15) is 9.18 Å². The van der Waals surface area contributed by atoms with Crippen LogP contribution in [0.25, 0.3) is 11.0 Å². The summed E-state index contributed by atoms with van der Waals surface area (Å²) in [4.78, 5) is 28.9. The Morgan fingerprint density at radius 2 is 1.96 bits per heavy atom. The van der Waals surface area contributed by atoms with Gasteiger partial charge in [0, 0.05) is 37.8 Å². The first-order valence-corrected chi connectivity index (χ1v) is 9.22. The van der Waals surface area contributed by atoms with Crippen LogP contribution in [0, 0.1) is 11.2 Å². The summed E-state index contributed by atoms with van der Waals surface area (Å²) in [6, 6.07) is 8.20. The van der Waals surface area contributed by atoms with Gasteiger partial charge in [-0.25, -0.2) is 14.4 Å². The zero-order valence-corrected chi connectivity index (χ0v) is 14.9. The number of nitrogens with one attached hydrogen (secondary N) is 1. The molecule has 7 heteroatoms. The van der Waals surface area contributed by atoms with E-state index in [0.29, 0.717) is 19.6 Å². The smallest absolute Gasteiger partial charge is 0.256 e. The number of hydrogen-bond donors (Lipinski definition) is 1. The van der Waals surface area contributed by atoms with Gasteiger partial charge in [-0.05, 0) is 31.0 Å². The molecule has 3 aromatic rings. The molecule has 1 saturated heterocycles. The second-order valence-corrected chi connectivity index (χ2v) is 7.57. The fraction of sp³-hybridized carbons (Fsp3) is 0.350. The minimum Gasteiger partial charge on any atom is -0.354 e. The summed E-state index contributed by atoms with van der Waals surface area (Å²) in [5.41, 5.74) is 1.04. The summed E-state index contributed by atoms with van der Waals surface area (Å²) in [7, 11) is 0. The molecule has 3 heterocycles. The molecular weight excluding hydrogens is 345 g/mol. The number of carbonyl (C=O) groups is 1. The average Bonchev–Trinajstić information content (AvgIpc) is 3.32. The average molecular weight is 365 g/mol. The number of aromatic nitrogens is 3. The maximum Gasteiger partial charge on any atom is 0.256 e. The Balaban J connectivity index is 1.45. The van der Waals surface area contributed by atoms with E-state index < -0.39 is 5.82 Å². The lowest BCUT2D eigenvalue weighted by Gasteiger charge is -2.25. The molecule has 27 heavy (non-hydrogen) atoms. The van der Waals surface area contributed by atoms with E-state index in [4.69, 9.17) is 0 Å². The molecule has 6 nitrogen and oxygen atoms in total. The van der Waals surface area contributed by atoms with E-state index >= 15 is 0 Å². The number of nitrogens with zero attached hydrogens (tertiary/aromatic N) is 4. The van der Waals surface area contributed by atoms with Crippen molar-refractivity contribution in [2.75, 3.05) is 31.1 Å². The second kappa shape index (κ2) is 6.04. The van der Waals surface area contributed by atoms with Crippen molar-refractivity contribution >= 4 is 22.8 Å². The molecule has 138 valence electrons. The lowest BCUT2D eigenvalue weighted by Crippen LogP contribution is -2.37. The van der Waals surface area contributed by atoms with Crippen LogP contribution in [0.2, 0.25) is 0 Å². The molecule has 0 bridgehead atoms. The van der Waals surface area contributed by atoms with Crippen molar-refractivity contribution in [3.63, 3.8) is 0 Å². The molecule has 1 amide bonds. The van der Waals surface area contributed by atoms with Gasteiger partial charge < -0.3 is 14.8 Å². The topological polar surface area (TPSA) is 65.1 Å². The third-order valence-electron chi connectivity index (χ3n) is 5.67. The van der Waals surface area contributed by atoms with E-state index in [1.165, 1.54) is 6.07 Å². The maximum absolute atomic E-state index is 14.1. The van der Waals surface area contributed by atoms with Crippen molar-refractivity contribution in [3.05, 3.63) is 54.2 Å². The van der Waals surface area contributed by atoms with Crippen LogP contribution in [-0.2, 0) is 0 Å². The van der Waals surface area contributed by atoms with Gasteiger partial charge in [-0.3, -0.25) is 4.79 Å². The second-order valence-electron chi connectivity index (χ2n) is 7.57. The normalized spacial score (nSPS) is 18.7. The molecule has 0 atom stereocenters. The van der Waals surface area contributed by atoms with Crippen LogP contribution >= 0.6 is 0 Å². The standard InChI is InChI=1S/C20H20FN5O/c21-16-4-2-1-3-14(16)19(27)26-10-9-25(11-20(12-26)6-7-20)18-15-5-8-22-17(15)23-13-24-18/h1-5,8,13H,6-7,9-12H2,(H,22,23,24). The molecule has 1 saturated carbocycles. The molecule has 2 aromatic heterocycles. The van der Waals surface area contributed by atoms with Gasteiger partial charge in [0.15, 0.2) is 0 Å². The largest absolute Gasteiger partial charge is 0.354 e. The Kier molecular flexibility index (Phi) is 3.63. The van der Waals surface area contributed by atoms with Gasteiger partial charge in [0.25, 0.3) is 5.91 Å². The Bertz CT molecular complexity index is 1010. The van der Waals surface area contributed by atoms with Crippen LogP contribution in [0.3, 0.4) is 0 Å². The number of fused-ring (bicyclic) bond motifs is 1. The Hall–Kier alpha value is -2.96. The first-order valence-electron chi connectivity index (χ1n) is 9.22. The molecule has 1 spiro atoms. The van der Waals surface area contributed by atoms with E-state index in [0.717, 1.165) is 36.2 Å². The zero-order chi connectivity index (χ0) is 18.4. The van der Waals surface area contributed by atoms with E-state index in [1.54, 1.807) is 29.4 Å². The Morgan fingerprint density at radius 1 is 1.11 bits per heavy atom. The Morgan fingerprint density at radius 3 is 2.78 bits per heavy atom. The van der Waals surface area contributed by atoms with Gasteiger partial charge in [0.05, 0.1) is 10.9 Å². The summed E-state index contributed by atoms with van der Waals surface area (Å²) in [6.07, 6.45) is 5.58. The molecule has 1 aromatic carbocycles. The molecule has 0 radical (unpaired) electrons. The van der Waals surface area contributed by atoms with Crippen molar-refractivity contribution < 1.29 is 9.18 Å². The third kappa shape index (κ3) is 2.83. The molecule has 1 N–H and O–H groups in total. The third-order valence-corrected chi connectivity index (χ3v) is 5.67. The number of aromatic amines is 1. The van der Waals surface area contributed by atoms with Gasteiger partial charge >= 0.3 is 0 Å². The highest BCUT2D eigenvalue weighted by Crippen LogP contribution is 2.48. The highest BCUT2D eigenvalue weighted by molar-refractivity contribution is 5.94. The van der Waals surface area contributed by atoms with Crippen molar-refractivity contribution in [1.29, 1.82) is 0 Å². The summed E-state index contributed by atoms with van der Waals surface area (Å²) in [5, 5.41) is 0.988. The van der Waals surface area contributed by atoms with Gasteiger partial charge in [-0.2, -0.15) is 0 Å². The van der Waals surface area contributed by atoms with Crippen LogP contribution in [0.15, 0.2) is 42.9 Å². The monoisotopic (exact) mass is 365 g/mol. The number of halogens is 1. The number of benzene rings is 1. The van der Waals surface area contributed by atoms with E-state index in [1.807, 2.05) is 12.3 Å². The predicted molar refractivity (Wildman–Crippen MR) is 100 cm³/mol. The highest BCUT2D eigenvalue weighted by atomic mass is 19.1. The first-order chi connectivity index (χ1) is 13.2. The maximum atomic E-state index is 14.1. The molecule has 2 fully saturated rings. The number of rotatable bonds is 2. The number of amides is 1. The van der Waals surface area contributed by atoms with Crippen LogP contribution < -0.4 is 4.90 Å². The van der Waals surface area contributed by atoms with Crippen molar-refractivity contribution in [2.24, 2.45) is 5.41 Å². The van der Waals surface area contributed by atoms with Gasteiger partial charge in [0.1, 0.15) is 23.6 Å². The van der Waals surface area contributed by atoms with Crippen molar-refractivity contribution in [1.82, 2.24) is 19.9 Å². The van der Waals surface area contributed by atoms with Crippen molar-refractivity contribution in [3.8, 4) is 0 Å². The fourth-order valence-corrected chi connectivity index (χ4v) is 4.02. The minimum absolute atomic E-state index is 0.0744. The summed E-state index contributed by atoms with van der Waals surface area (Å²) < 4.78 is 14.1. The van der Waals surface area contributed by atoms with E-state index in [2.05, 4.69) is 19.9 Å². The van der Waals surface area contributed by atoms with Gasteiger partial charge in [-0.15, -0.1) is 0 Å². The minimum atomic E-state index is -0.460. The molecule has 0 unspecified atom stereocenters. The summed E-state index contributed by atoms with van der Waals surface area (Å²) >= 11 is 0. The zero-order valence-electron chi connectivity index (χ0n) is 14.9. The van der Waals surface area contributed by atoms with Crippen LogP contribution in [0.4, 0.5) is 10.2 Å². The Labute approximate surface area is 156 Å². The molecular formula is C20H20FN5O. The molecule has 2 aliphatic rings. The summed E-state index contributed by atoms with van der Waals surface area (Å²) in [5.74, 6) is 0.210.